The molecule has 0 amide bonds. The molecule has 6 heteroatoms. The van der Waals surface area contributed by atoms with E-state index in [-0.39, 0.29) is 88.3 Å². The molecule has 0 atom stereocenters. The largest absolute Gasteiger partial charge is 0.509 e. The molecule has 0 radical (unpaired) electrons. The van der Waals surface area contributed by atoms with Crippen LogP contribution in [0.1, 0.15) is 93.7 Å². The maximum absolute atomic E-state index is 9.79. The number of fused-ring (bicyclic) bond motifs is 4. The van der Waals surface area contributed by atoms with Gasteiger partial charge in [-0.1, -0.05) is 155 Å². The third kappa shape index (κ3) is 9.09. The van der Waals surface area contributed by atoms with Crippen molar-refractivity contribution in [2.24, 2.45) is 5.92 Å². The van der Waals surface area contributed by atoms with Crippen LogP contribution in [0, 0.1) is 45.3 Å². The van der Waals surface area contributed by atoms with Crippen LogP contribution in [0.4, 0.5) is 22.7 Å². The smallest absolute Gasteiger partial charge is 0.135 e. The Labute approximate surface area is 466 Å². The minimum Gasteiger partial charge on any atom is -0.509 e. The van der Waals surface area contributed by atoms with Gasteiger partial charge in [0.2, 0.25) is 0 Å². The van der Waals surface area contributed by atoms with Crippen LogP contribution in [0.3, 0.4) is 0 Å². The first-order valence-corrected chi connectivity index (χ1v) is 22.5. The van der Waals surface area contributed by atoms with Crippen LogP contribution in [0.15, 0.2) is 176 Å². The first-order chi connectivity index (χ1) is 43.3. The van der Waals surface area contributed by atoms with E-state index in [1.165, 1.54) is 60.8 Å². The summed E-state index contributed by atoms with van der Waals surface area (Å²) < 4.78 is 207. The van der Waals surface area contributed by atoms with Crippen molar-refractivity contribution in [1.82, 2.24) is 9.55 Å². The fourth-order valence-corrected chi connectivity index (χ4v) is 9.01. The van der Waals surface area contributed by atoms with Gasteiger partial charge >= 0.3 is 0 Å². The van der Waals surface area contributed by atoms with Gasteiger partial charge in [-0.2, -0.15) is 12.1 Å². The predicted octanol–water partition coefficient (Wildman–Crippen LogP) is 17.4. The zero-order chi connectivity index (χ0) is 67.7. The molecule has 0 saturated heterocycles. The molecule has 0 saturated carbocycles. The Bertz CT molecular complexity index is 4510. The summed E-state index contributed by atoms with van der Waals surface area (Å²) in [6.07, 6.45) is -0.667. The summed E-state index contributed by atoms with van der Waals surface area (Å²) in [6.45, 7) is -14.3. The van der Waals surface area contributed by atoms with Crippen molar-refractivity contribution in [3.05, 3.63) is 223 Å². The maximum Gasteiger partial charge on any atom is 0.135 e. The fourth-order valence-electron chi connectivity index (χ4n) is 9.01. The fraction of sp³-hybridized carbons (Fsp3) is 0.169. The maximum atomic E-state index is 9.79. The summed E-state index contributed by atoms with van der Waals surface area (Å²) in [4.78, 5) is 7.85. The van der Waals surface area contributed by atoms with Crippen molar-refractivity contribution >= 4 is 44.6 Å². The first kappa shape index (κ1) is 27.4. The SMILES string of the molecule is [2H]c1c([2H])c(-c2ccc(C(C([2H])([2H])[2H])(C([2H])([2H])[2H])C([2H])([2H])[2H])cc2)c(N2[CH-]N(c3[c-]c(Oc4[c-]c5c(cc4)c4ccccc4n5-c4ccc(C([2H])([2H])[2H])cn4)ccc3)c3ccccc32)c(-c2ccc(-c3ccc(C([2H])([2H])C(C)C)cc3C([2H])([2H])[2H])c(C([2H])([2H])[2H])c2)c1[2H].[Pt]. The summed E-state index contributed by atoms with van der Waals surface area (Å²) in [5, 5.41) is 1.68. The zero-order valence-corrected chi connectivity index (χ0v) is 40.5. The number of anilines is 4. The Hall–Kier alpha value is -7.20. The van der Waals surface area contributed by atoms with E-state index in [4.69, 9.17) is 32.2 Å². The van der Waals surface area contributed by atoms with Crippen molar-refractivity contribution in [1.29, 1.82) is 0 Å². The van der Waals surface area contributed by atoms with Gasteiger partial charge in [-0.25, -0.2) is 4.98 Å². The second kappa shape index (κ2) is 19.2. The van der Waals surface area contributed by atoms with E-state index < -0.39 is 88.1 Å². The number of para-hydroxylation sites is 4. The molecule has 0 N–H and O–H groups in total. The normalized spacial score (nSPS) is 18.5. The van der Waals surface area contributed by atoms with Crippen LogP contribution in [0.25, 0.3) is 61.0 Å². The van der Waals surface area contributed by atoms with Gasteiger partial charge in [0, 0.05) is 99.9 Å². The molecule has 71 heavy (non-hydrogen) atoms. The number of pyridine rings is 1. The Balaban J connectivity index is 0.00000964. The van der Waals surface area contributed by atoms with E-state index >= 15 is 0 Å². The molecular formula is C65H57N4OPt-3. The van der Waals surface area contributed by atoms with E-state index in [0.29, 0.717) is 28.4 Å². The minimum absolute atomic E-state index is 0. The van der Waals surface area contributed by atoms with Crippen molar-refractivity contribution in [2.75, 3.05) is 9.80 Å². The molecule has 0 spiro atoms. The van der Waals surface area contributed by atoms with Crippen molar-refractivity contribution in [3.8, 4) is 50.7 Å². The number of aryl methyl sites for hydroxylation is 3. The zero-order valence-electron chi connectivity index (χ0n) is 61.2. The van der Waals surface area contributed by atoms with Crippen LogP contribution < -0.4 is 14.5 Å². The van der Waals surface area contributed by atoms with Gasteiger partial charge in [-0.15, -0.1) is 48.1 Å². The van der Waals surface area contributed by atoms with Gasteiger partial charge in [0.05, 0.1) is 4.11 Å². The molecule has 11 rings (SSSR count). The number of ether oxygens (including phenoxy) is 1. The second-order valence-corrected chi connectivity index (χ2v) is 17.3. The quantitative estimate of drug-likeness (QED) is 0.128. The van der Waals surface area contributed by atoms with Crippen LogP contribution in [-0.4, -0.2) is 9.55 Å². The van der Waals surface area contributed by atoms with Gasteiger partial charge in [0.15, 0.2) is 0 Å². The Morgan fingerprint density at radius 3 is 2.14 bits per heavy atom. The van der Waals surface area contributed by atoms with Crippen molar-refractivity contribution < 1.29 is 57.3 Å². The van der Waals surface area contributed by atoms with Gasteiger partial charge in [0.1, 0.15) is 5.82 Å². The molecule has 2 aromatic heterocycles. The summed E-state index contributed by atoms with van der Waals surface area (Å²) in [5.74, 6) is 0.342. The predicted molar refractivity (Wildman–Crippen MR) is 292 cm³/mol. The molecule has 0 bridgehead atoms. The first-order valence-electron chi connectivity index (χ1n) is 34.0. The molecule has 356 valence electrons. The van der Waals surface area contributed by atoms with Gasteiger partial charge in [-0.3, -0.25) is 0 Å². The number of nitrogens with zero attached hydrogens (tertiary/aromatic N) is 4. The molecule has 0 fully saturated rings. The van der Waals surface area contributed by atoms with Crippen LogP contribution >= 0.6 is 0 Å². The average Bonchev–Trinajstić information content (AvgIpc) is 0.795. The third-order valence-electron chi connectivity index (χ3n) is 12.2. The number of hydrogen-bond acceptors (Lipinski definition) is 4. The monoisotopic (exact) mass is 1130 g/mol. The molecule has 0 unspecified atom stereocenters. The van der Waals surface area contributed by atoms with E-state index in [2.05, 4.69) is 17.1 Å². The average molecular weight is 1130 g/mol. The summed E-state index contributed by atoms with van der Waals surface area (Å²) in [7, 11) is 0. The van der Waals surface area contributed by atoms with Crippen LogP contribution in [0.2, 0.25) is 0 Å². The van der Waals surface area contributed by atoms with E-state index in [1.807, 2.05) is 34.9 Å². The topological polar surface area (TPSA) is 33.5 Å². The standard InChI is InChI=1S/C65H57N4O.Pt/c1-42(2)35-46-24-31-53(44(4)36-46)54-32-27-48(37-45(54)5)56-19-14-18-55(47-25-28-49(29-26-47)65(6,7)8)64(56)68-41-67(60-21-11-12-22-61(60)68)50-15-13-16-51(38-50)70-52-30-33-58-57-17-9-10-20-59(57)69(62(58)39-52)63-34-23-43(3)40-66-63;/h9-34,36-37,40-42H,35H2,1-8H3;/q-3;/i3D3,4D3,5D3,6D3,7D3,8D3,14D,18D,19D,35D2;. The summed E-state index contributed by atoms with van der Waals surface area (Å²) in [6, 6.07) is 43.9. The van der Waals surface area contributed by atoms with Crippen molar-refractivity contribution in [3.63, 3.8) is 0 Å². The number of hydrogen-bond donors (Lipinski definition) is 0. The second-order valence-electron chi connectivity index (χ2n) is 17.3. The Morgan fingerprint density at radius 1 is 0.676 bits per heavy atom. The van der Waals surface area contributed by atoms with E-state index in [9.17, 15) is 4.11 Å². The summed E-state index contributed by atoms with van der Waals surface area (Å²) in [5.41, 5.74) is -2.37. The van der Waals surface area contributed by atoms with Gasteiger partial charge < -0.3 is 19.1 Å². The van der Waals surface area contributed by atoms with Gasteiger partial charge in [-0.05, 0) is 118 Å². The molecule has 1 aliphatic heterocycles. The van der Waals surface area contributed by atoms with E-state index in [0.717, 1.165) is 28.4 Å². The third-order valence-corrected chi connectivity index (χ3v) is 12.2. The molecule has 0 aliphatic carbocycles. The molecule has 5 nitrogen and oxygen atoms in total. The summed E-state index contributed by atoms with van der Waals surface area (Å²) >= 11 is 0. The van der Waals surface area contributed by atoms with Gasteiger partial charge in [0.25, 0.3) is 0 Å². The minimum atomic E-state index is -3.63. The number of rotatable bonds is 10. The molecule has 10 aromatic rings. The molecule has 3 heterocycles. The Kier molecular flexibility index (Phi) is 7.41. The molecular weight excluding hydrogens is 1050 g/mol. The Morgan fingerprint density at radius 2 is 1.39 bits per heavy atom. The van der Waals surface area contributed by atoms with Crippen molar-refractivity contribution in [2.45, 2.75) is 66.7 Å². The van der Waals surface area contributed by atoms with Crippen LogP contribution in [-0.2, 0) is 32.9 Å². The number of benzene rings is 8. The van der Waals surface area contributed by atoms with Crippen LogP contribution in [0.5, 0.6) is 11.5 Å². The van der Waals surface area contributed by atoms with E-state index in [1.54, 1.807) is 84.9 Å². The number of aromatic nitrogens is 2. The molecule has 8 aromatic carbocycles. The molecule has 1 aliphatic rings.